The van der Waals surface area contributed by atoms with Crippen LogP contribution in [-0.4, -0.2) is 31.1 Å². The topological polar surface area (TPSA) is 101 Å². The third-order valence-electron chi connectivity index (χ3n) is 7.57. The predicted molar refractivity (Wildman–Crippen MR) is 167 cm³/mol. The average Bonchev–Trinajstić information content (AvgIpc) is 3.70. The number of esters is 2. The van der Waals surface area contributed by atoms with Crippen LogP contribution < -0.4 is 4.74 Å². The van der Waals surface area contributed by atoms with Gasteiger partial charge in [-0.3, -0.25) is 0 Å². The van der Waals surface area contributed by atoms with Gasteiger partial charge in [-0.15, -0.1) is 0 Å². The Morgan fingerprint density at radius 1 is 0.841 bits per heavy atom. The molecule has 0 aliphatic carbocycles. The molecule has 0 N–H and O–H groups in total. The zero-order valence-electron chi connectivity index (χ0n) is 24.7. The predicted octanol–water partition coefficient (Wildman–Crippen LogP) is 8.40. The zero-order valence-corrected chi connectivity index (χ0v) is 24.7. The van der Waals surface area contributed by atoms with Crippen LogP contribution in [0.15, 0.2) is 93.9 Å². The average molecular weight is 590 g/mol. The molecule has 0 aliphatic rings. The molecule has 0 saturated carbocycles. The molecule has 6 aromatic rings. The van der Waals surface area contributed by atoms with Crippen LogP contribution in [0.5, 0.6) is 5.75 Å². The van der Waals surface area contributed by atoms with Gasteiger partial charge in [0.05, 0.1) is 37.1 Å². The number of aromatic nitrogens is 1. The number of rotatable bonds is 10. The van der Waals surface area contributed by atoms with Crippen LogP contribution in [0, 0.1) is 0 Å². The van der Waals surface area contributed by atoms with Gasteiger partial charge in [0.25, 0.3) is 0 Å². The molecule has 44 heavy (non-hydrogen) atoms. The highest BCUT2D eigenvalue weighted by Gasteiger charge is 2.21. The summed E-state index contributed by atoms with van der Waals surface area (Å²) in [5.74, 6) is 1.64. The van der Waals surface area contributed by atoms with Crippen LogP contribution in [0.4, 0.5) is 0 Å². The van der Waals surface area contributed by atoms with Gasteiger partial charge in [0.2, 0.25) is 5.89 Å². The van der Waals surface area contributed by atoms with E-state index in [1.165, 1.54) is 20.3 Å². The molecule has 8 nitrogen and oxygen atoms in total. The Balaban J connectivity index is 1.23. The number of benzene rings is 4. The maximum atomic E-state index is 12.4. The molecule has 222 valence electrons. The highest BCUT2D eigenvalue weighted by Crippen LogP contribution is 2.37. The van der Waals surface area contributed by atoms with Crippen molar-refractivity contribution >= 4 is 33.7 Å². The van der Waals surface area contributed by atoms with E-state index in [-0.39, 0.29) is 17.7 Å². The lowest BCUT2D eigenvalue weighted by atomic mass is 10.0. The minimum Gasteiger partial charge on any atom is -0.489 e. The fraction of sp³-hybridized carbons (Fsp3) is 0.194. The number of carbonyl (C=O) groups excluding carboxylic acids is 2. The summed E-state index contributed by atoms with van der Waals surface area (Å²) in [6.45, 7) is 2.27. The molecule has 0 unspecified atom stereocenters. The lowest BCUT2D eigenvalue weighted by Crippen LogP contribution is -2.11. The van der Waals surface area contributed by atoms with E-state index in [1.54, 1.807) is 18.3 Å². The van der Waals surface area contributed by atoms with Crippen LogP contribution in [0.1, 0.15) is 51.8 Å². The monoisotopic (exact) mass is 589 g/mol. The summed E-state index contributed by atoms with van der Waals surface area (Å²) in [7, 11) is 2.58. The summed E-state index contributed by atoms with van der Waals surface area (Å²) < 4.78 is 28.2. The lowest BCUT2D eigenvalue weighted by Gasteiger charge is -2.12. The molecule has 2 heterocycles. The molecule has 0 amide bonds. The molecule has 0 aliphatic heterocycles. The number of hydrogen-bond donors (Lipinski definition) is 0. The van der Waals surface area contributed by atoms with E-state index in [4.69, 9.17) is 23.0 Å². The van der Waals surface area contributed by atoms with Crippen molar-refractivity contribution in [3.8, 4) is 28.5 Å². The minimum absolute atomic E-state index is 0.110. The van der Waals surface area contributed by atoms with E-state index < -0.39 is 11.9 Å². The van der Waals surface area contributed by atoms with E-state index in [0.717, 1.165) is 57.9 Å². The summed E-state index contributed by atoms with van der Waals surface area (Å²) >= 11 is 0. The van der Waals surface area contributed by atoms with Gasteiger partial charge in [-0.05, 0) is 53.6 Å². The van der Waals surface area contributed by atoms with Gasteiger partial charge in [-0.2, -0.15) is 0 Å². The van der Waals surface area contributed by atoms with Crippen molar-refractivity contribution in [2.45, 2.75) is 32.8 Å². The number of carbonyl (C=O) groups is 2. The van der Waals surface area contributed by atoms with Crippen LogP contribution in [0.3, 0.4) is 0 Å². The Labute approximate surface area is 254 Å². The summed E-state index contributed by atoms with van der Waals surface area (Å²) in [6.07, 6.45) is 4.66. The van der Waals surface area contributed by atoms with Crippen molar-refractivity contribution in [1.29, 1.82) is 0 Å². The lowest BCUT2D eigenvalue weighted by molar-refractivity contribution is 0.0596. The maximum absolute atomic E-state index is 12.4. The molecular formula is C36H31NO7. The van der Waals surface area contributed by atoms with E-state index in [9.17, 15) is 9.59 Å². The van der Waals surface area contributed by atoms with Gasteiger partial charge >= 0.3 is 11.9 Å². The summed E-state index contributed by atoms with van der Waals surface area (Å²) in [5.41, 5.74) is 3.74. The smallest absolute Gasteiger partial charge is 0.338 e. The van der Waals surface area contributed by atoms with Crippen molar-refractivity contribution in [2.75, 3.05) is 14.2 Å². The molecule has 0 atom stereocenters. The molecule has 8 heteroatoms. The van der Waals surface area contributed by atoms with E-state index in [1.807, 2.05) is 54.6 Å². The number of fused-ring (bicyclic) bond motifs is 2. The van der Waals surface area contributed by atoms with Crippen LogP contribution in [-0.2, 0) is 22.5 Å². The van der Waals surface area contributed by atoms with Crippen LogP contribution in [0.25, 0.3) is 44.5 Å². The first-order valence-electron chi connectivity index (χ1n) is 14.4. The van der Waals surface area contributed by atoms with Gasteiger partial charge in [0.15, 0.2) is 5.76 Å². The Morgan fingerprint density at radius 3 is 2.45 bits per heavy atom. The highest BCUT2D eigenvalue weighted by atomic mass is 16.5. The number of furan rings is 1. The van der Waals surface area contributed by atoms with E-state index >= 15 is 0 Å². The number of para-hydroxylation sites is 1. The number of hydrogen-bond acceptors (Lipinski definition) is 8. The zero-order chi connectivity index (χ0) is 30.6. The largest absolute Gasteiger partial charge is 0.489 e. The molecule has 0 bridgehead atoms. The first-order valence-corrected chi connectivity index (χ1v) is 14.4. The second-order valence-corrected chi connectivity index (χ2v) is 10.4. The number of nitrogens with zero attached hydrogens (tertiary/aromatic N) is 1. The second kappa shape index (κ2) is 12.5. The first kappa shape index (κ1) is 28.7. The molecule has 4 aromatic carbocycles. The molecule has 0 spiro atoms. The fourth-order valence-electron chi connectivity index (χ4n) is 5.24. The van der Waals surface area contributed by atoms with Crippen LogP contribution >= 0.6 is 0 Å². The molecule has 0 fully saturated rings. The van der Waals surface area contributed by atoms with Crippen molar-refractivity contribution in [3.05, 3.63) is 108 Å². The van der Waals surface area contributed by atoms with Gasteiger partial charge in [-0.1, -0.05) is 55.8 Å². The third kappa shape index (κ3) is 5.66. The summed E-state index contributed by atoms with van der Waals surface area (Å²) in [5, 5.41) is 2.97. The number of oxazole rings is 1. The SMILES string of the molecule is CCCCc1oc2ccccc2c1-c1ncc(-c2ccc3cc(OCc4ccc(C(=O)OC)cc4C(=O)OC)ccc3c2)o1. The molecular weight excluding hydrogens is 558 g/mol. The van der Waals surface area contributed by atoms with E-state index in [2.05, 4.69) is 18.0 Å². The number of methoxy groups -OCH3 is 2. The Morgan fingerprint density at radius 2 is 1.64 bits per heavy atom. The van der Waals surface area contributed by atoms with Crippen LogP contribution in [0.2, 0.25) is 0 Å². The molecule has 6 rings (SSSR count). The maximum Gasteiger partial charge on any atom is 0.338 e. The third-order valence-corrected chi connectivity index (χ3v) is 7.57. The quantitative estimate of drug-likeness (QED) is 0.147. The van der Waals surface area contributed by atoms with Crippen molar-refractivity contribution in [2.24, 2.45) is 0 Å². The second-order valence-electron chi connectivity index (χ2n) is 10.4. The first-order chi connectivity index (χ1) is 21.5. The van der Waals surface area contributed by atoms with E-state index in [0.29, 0.717) is 23.0 Å². The summed E-state index contributed by atoms with van der Waals surface area (Å²) in [6, 6.07) is 24.5. The Hall–Kier alpha value is -5.37. The fourth-order valence-corrected chi connectivity index (χ4v) is 5.24. The molecule has 0 radical (unpaired) electrons. The van der Waals surface area contributed by atoms with Gasteiger partial charge in [0, 0.05) is 22.9 Å². The number of aryl methyl sites for hydroxylation is 1. The standard InChI is InChI=1S/C36H31NO7/c1-4-5-9-31-33(28-8-6-7-10-30(28)43-31)34-37-20-32(44-34)24-12-11-23-18-27(16-15-22(23)17-24)42-21-26-14-13-25(35(38)40-2)19-29(26)36(39)41-3/h6-8,10-20H,4-5,9,21H2,1-3H3. The van der Waals surface area contributed by atoms with Crippen molar-refractivity contribution in [1.82, 2.24) is 4.98 Å². The van der Waals surface area contributed by atoms with Crippen molar-refractivity contribution in [3.63, 3.8) is 0 Å². The summed E-state index contributed by atoms with van der Waals surface area (Å²) in [4.78, 5) is 28.9. The Kier molecular flexibility index (Phi) is 8.14. The normalized spacial score (nSPS) is 11.2. The highest BCUT2D eigenvalue weighted by molar-refractivity contribution is 5.96. The number of unbranched alkanes of at least 4 members (excludes halogenated alkanes) is 1. The number of ether oxygens (including phenoxy) is 3. The van der Waals surface area contributed by atoms with Crippen molar-refractivity contribution < 1.29 is 32.6 Å². The Bertz CT molecular complexity index is 1980. The minimum atomic E-state index is -0.561. The van der Waals surface area contributed by atoms with Gasteiger partial charge in [0.1, 0.15) is 23.7 Å². The van der Waals surface area contributed by atoms with Gasteiger partial charge < -0.3 is 23.0 Å². The van der Waals surface area contributed by atoms with Gasteiger partial charge in [-0.25, -0.2) is 14.6 Å². The molecule has 2 aromatic heterocycles. The molecule has 0 saturated heterocycles.